The molecule has 3 aliphatic rings. The van der Waals surface area contributed by atoms with Crippen molar-refractivity contribution in [1.82, 2.24) is 15.5 Å². The maximum atomic E-state index is 11.9. The fourth-order valence-electron chi connectivity index (χ4n) is 3.35. The number of likely N-dealkylation sites (N-methyl/N-ethyl adjacent to an activating group) is 1. The van der Waals surface area contributed by atoms with Gasteiger partial charge in [-0.25, -0.2) is 4.99 Å². The van der Waals surface area contributed by atoms with Gasteiger partial charge in [-0.1, -0.05) is 0 Å². The predicted octanol–water partition coefficient (Wildman–Crippen LogP) is 0.329. The molecule has 1 amide bonds. The van der Waals surface area contributed by atoms with Crippen molar-refractivity contribution >= 4 is 35.8 Å². The number of rotatable bonds is 6. The van der Waals surface area contributed by atoms with Gasteiger partial charge in [0.15, 0.2) is 11.7 Å². The highest BCUT2D eigenvalue weighted by Gasteiger charge is 2.42. The molecule has 3 fully saturated rings. The minimum atomic E-state index is -0.492. The first kappa shape index (κ1) is 23.6. The number of carbonyl (C=O) groups excluding carboxylic acids is 1. The minimum Gasteiger partial charge on any atom is -0.381 e. The van der Waals surface area contributed by atoms with Crippen LogP contribution in [-0.2, 0) is 23.7 Å². The zero-order valence-corrected chi connectivity index (χ0v) is 19.1. The van der Waals surface area contributed by atoms with Crippen LogP contribution in [0.2, 0.25) is 0 Å². The van der Waals surface area contributed by atoms with E-state index in [1.807, 2.05) is 0 Å². The van der Waals surface area contributed by atoms with Gasteiger partial charge in [0.2, 0.25) is 5.91 Å². The second kappa shape index (κ2) is 11.5. The molecule has 3 heterocycles. The van der Waals surface area contributed by atoms with E-state index in [9.17, 15) is 4.79 Å². The van der Waals surface area contributed by atoms with Gasteiger partial charge in [0.05, 0.1) is 25.9 Å². The largest absolute Gasteiger partial charge is 0.381 e. The highest BCUT2D eigenvalue weighted by atomic mass is 127. The number of nitrogens with zero attached hydrogens (tertiary/aromatic N) is 2. The zero-order chi connectivity index (χ0) is 19.1. The molecule has 0 saturated carbocycles. The van der Waals surface area contributed by atoms with Gasteiger partial charge in [-0.15, -0.1) is 24.0 Å². The number of nitrogens with one attached hydrogen (secondary N) is 2. The quantitative estimate of drug-likeness (QED) is 0.301. The van der Waals surface area contributed by atoms with Crippen LogP contribution in [0.3, 0.4) is 0 Å². The van der Waals surface area contributed by atoms with Crippen LogP contribution >= 0.6 is 24.0 Å². The normalized spacial score (nSPS) is 26.7. The SMILES string of the molecule is CN(C)C(=O)CN=C(NCC1CCCO1)NCC1COC2(CCOCC2)O1.I. The third-order valence-corrected chi connectivity index (χ3v) is 5.06. The van der Waals surface area contributed by atoms with Crippen LogP contribution in [0.1, 0.15) is 25.7 Å². The summed E-state index contributed by atoms with van der Waals surface area (Å²) in [5.41, 5.74) is 0. The maximum absolute atomic E-state index is 11.9. The number of aliphatic imine (C=N–C) groups is 1. The van der Waals surface area contributed by atoms with Crippen molar-refractivity contribution in [1.29, 1.82) is 0 Å². The Hall–Kier alpha value is -0.690. The molecule has 10 heteroatoms. The summed E-state index contributed by atoms with van der Waals surface area (Å²) in [6.07, 6.45) is 3.80. The van der Waals surface area contributed by atoms with E-state index in [1.54, 1.807) is 14.1 Å². The van der Waals surface area contributed by atoms with E-state index in [2.05, 4.69) is 15.6 Å². The second-order valence-electron chi connectivity index (χ2n) is 7.42. The van der Waals surface area contributed by atoms with Crippen molar-refractivity contribution in [3.8, 4) is 0 Å². The molecular weight excluding hydrogens is 479 g/mol. The molecule has 0 radical (unpaired) electrons. The van der Waals surface area contributed by atoms with E-state index in [0.717, 1.165) is 32.3 Å². The van der Waals surface area contributed by atoms with Crippen molar-refractivity contribution in [2.24, 2.45) is 4.99 Å². The molecule has 3 aliphatic heterocycles. The lowest BCUT2D eigenvalue weighted by molar-refractivity contribution is -0.210. The third kappa shape index (κ3) is 6.97. The fourth-order valence-corrected chi connectivity index (χ4v) is 3.35. The highest BCUT2D eigenvalue weighted by molar-refractivity contribution is 14.0. The van der Waals surface area contributed by atoms with Crippen molar-refractivity contribution in [2.45, 2.75) is 43.7 Å². The van der Waals surface area contributed by atoms with E-state index in [-0.39, 0.29) is 48.6 Å². The number of halogens is 1. The molecule has 0 bridgehead atoms. The molecule has 2 atom stereocenters. The standard InChI is InChI=1S/C18H32N4O5.HI/c1-22(2)16(23)12-21-17(19-10-14-4-3-7-25-14)20-11-15-13-26-18(27-15)5-8-24-9-6-18;/h14-15H,3-13H2,1-2H3,(H2,19,20,21);1H. The fraction of sp³-hybridized carbons (Fsp3) is 0.889. The number of carbonyl (C=O) groups is 1. The Bertz CT molecular complexity index is 522. The molecule has 9 nitrogen and oxygen atoms in total. The lowest BCUT2D eigenvalue weighted by Crippen LogP contribution is -2.45. The van der Waals surface area contributed by atoms with Gasteiger partial charge in [-0.3, -0.25) is 4.79 Å². The third-order valence-electron chi connectivity index (χ3n) is 5.06. The molecule has 0 aromatic carbocycles. The van der Waals surface area contributed by atoms with Crippen molar-refractivity contribution < 1.29 is 23.7 Å². The molecule has 162 valence electrons. The monoisotopic (exact) mass is 512 g/mol. The van der Waals surface area contributed by atoms with Crippen LogP contribution in [0.25, 0.3) is 0 Å². The Morgan fingerprint density at radius 1 is 1.14 bits per heavy atom. The summed E-state index contributed by atoms with van der Waals surface area (Å²) in [5, 5.41) is 6.56. The number of ether oxygens (including phenoxy) is 4. The second-order valence-corrected chi connectivity index (χ2v) is 7.42. The van der Waals surface area contributed by atoms with E-state index in [1.165, 1.54) is 4.90 Å². The Morgan fingerprint density at radius 3 is 2.50 bits per heavy atom. The molecule has 3 saturated heterocycles. The van der Waals surface area contributed by atoms with Gasteiger partial charge in [0, 0.05) is 46.6 Å². The topological polar surface area (TPSA) is 93.7 Å². The first-order chi connectivity index (χ1) is 13.1. The number of guanidine groups is 1. The predicted molar refractivity (Wildman–Crippen MR) is 115 cm³/mol. The maximum Gasteiger partial charge on any atom is 0.243 e. The molecule has 1 spiro atoms. The van der Waals surface area contributed by atoms with E-state index in [4.69, 9.17) is 18.9 Å². The van der Waals surface area contributed by atoms with Gasteiger partial charge < -0.3 is 34.5 Å². The van der Waals surface area contributed by atoms with Crippen LogP contribution in [0.5, 0.6) is 0 Å². The molecule has 0 aliphatic carbocycles. The lowest BCUT2D eigenvalue weighted by Gasteiger charge is -2.31. The molecule has 3 rings (SSSR count). The van der Waals surface area contributed by atoms with Crippen molar-refractivity contribution in [3.05, 3.63) is 0 Å². The van der Waals surface area contributed by atoms with E-state index < -0.39 is 5.79 Å². The summed E-state index contributed by atoms with van der Waals surface area (Å²) < 4.78 is 23.1. The summed E-state index contributed by atoms with van der Waals surface area (Å²) in [7, 11) is 3.45. The lowest BCUT2D eigenvalue weighted by atomic mass is 10.1. The van der Waals surface area contributed by atoms with Crippen LogP contribution < -0.4 is 10.6 Å². The summed E-state index contributed by atoms with van der Waals surface area (Å²) in [4.78, 5) is 17.8. The average molecular weight is 512 g/mol. The van der Waals surface area contributed by atoms with Crippen molar-refractivity contribution in [2.75, 3.05) is 60.2 Å². The molecule has 0 aromatic heterocycles. The minimum absolute atomic E-state index is 0. The average Bonchev–Trinajstić information content (AvgIpc) is 3.32. The van der Waals surface area contributed by atoms with Crippen LogP contribution in [0.4, 0.5) is 0 Å². The Labute approximate surface area is 183 Å². The highest BCUT2D eigenvalue weighted by Crippen LogP contribution is 2.32. The smallest absolute Gasteiger partial charge is 0.243 e. The molecule has 28 heavy (non-hydrogen) atoms. The van der Waals surface area contributed by atoms with Gasteiger partial charge in [-0.05, 0) is 12.8 Å². The van der Waals surface area contributed by atoms with Gasteiger partial charge in [0.1, 0.15) is 12.6 Å². The van der Waals surface area contributed by atoms with E-state index in [0.29, 0.717) is 38.9 Å². The molecule has 0 aromatic rings. The van der Waals surface area contributed by atoms with Crippen LogP contribution in [-0.4, -0.2) is 94.9 Å². The van der Waals surface area contributed by atoms with Gasteiger partial charge in [0.25, 0.3) is 0 Å². The van der Waals surface area contributed by atoms with Crippen LogP contribution in [0.15, 0.2) is 4.99 Å². The Balaban J connectivity index is 0.00000280. The van der Waals surface area contributed by atoms with Crippen molar-refractivity contribution in [3.63, 3.8) is 0 Å². The summed E-state index contributed by atoms with van der Waals surface area (Å²) in [6.45, 7) is 4.02. The van der Waals surface area contributed by atoms with E-state index >= 15 is 0 Å². The molecule has 2 unspecified atom stereocenters. The first-order valence-corrected chi connectivity index (χ1v) is 9.80. The summed E-state index contributed by atoms with van der Waals surface area (Å²) in [5.74, 6) is 0.0560. The first-order valence-electron chi connectivity index (χ1n) is 9.80. The zero-order valence-electron chi connectivity index (χ0n) is 16.8. The number of amides is 1. The number of hydrogen-bond donors (Lipinski definition) is 2. The Morgan fingerprint density at radius 2 is 1.86 bits per heavy atom. The summed E-state index contributed by atoms with van der Waals surface area (Å²) in [6, 6.07) is 0. The summed E-state index contributed by atoms with van der Waals surface area (Å²) >= 11 is 0. The van der Waals surface area contributed by atoms with Gasteiger partial charge in [-0.2, -0.15) is 0 Å². The van der Waals surface area contributed by atoms with Gasteiger partial charge >= 0.3 is 0 Å². The van der Waals surface area contributed by atoms with Crippen LogP contribution in [0, 0.1) is 0 Å². The molecular formula is C18H33IN4O5. The number of hydrogen-bond acceptors (Lipinski definition) is 6. The molecule has 2 N–H and O–H groups in total. The Kier molecular flexibility index (Phi) is 9.67.